The Morgan fingerprint density at radius 2 is 2.12 bits per heavy atom. The van der Waals surface area contributed by atoms with Gasteiger partial charge in [0.05, 0.1) is 18.4 Å². The van der Waals surface area contributed by atoms with Crippen molar-refractivity contribution in [3.05, 3.63) is 48.0 Å². The second-order valence-corrected chi connectivity index (χ2v) is 3.26. The van der Waals surface area contributed by atoms with Gasteiger partial charge in [0.25, 0.3) is 0 Å². The van der Waals surface area contributed by atoms with Crippen LogP contribution in [0.5, 0.6) is 0 Å². The first-order chi connectivity index (χ1) is 8.22. The van der Waals surface area contributed by atoms with E-state index in [0.29, 0.717) is 11.3 Å². The Morgan fingerprint density at radius 1 is 1.29 bits per heavy atom. The van der Waals surface area contributed by atoms with Crippen LogP contribution in [0.4, 0.5) is 4.39 Å². The van der Waals surface area contributed by atoms with Crippen molar-refractivity contribution < 1.29 is 13.9 Å². The maximum Gasteiger partial charge on any atom is 0.339 e. The molecular formula is C12H9FN2O2. The maximum atomic E-state index is 13.4. The number of methoxy groups -OCH3 is 1. The Hall–Kier alpha value is -2.30. The Labute approximate surface area is 97.1 Å². The molecule has 0 aliphatic rings. The summed E-state index contributed by atoms with van der Waals surface area (Å²) >= 11 is 0. The van der Waals surface area contributed by atoms with Gasteiger partial charge in [-0.05, 0) is 24.3 Å². The van der Waals surface area contributed by atoms with Crippen LogP contribution in [0.25, 0.3) is 11.4 Å². The normalized spacial score (nSPS) is 10.0. The quantitative estimate of drug-likeness (QED) is 0.744. The Balaban J connectivity index is 2.36. The van der Waals surface area contributed by atoms with E-state index in [9.17, 15) is 9.18 Å². The van der Waals surface area contributed by atoms with Gasteiger partial charge < -0.3 is 4.74 Å². The molecule has 0 aliphatic carbocycles. The summed E-state index contributed by atoms with van der Waals surface area (Å²) in [7, 11) is 1.29. The zero-order valence-corrected chi connectivity index (χ0v) is 9.05. The van der Waals surface area contributed by atoms with E-state index in [-0.39, 0.29) is 5.69 Å². The fourth-order valence-corrected chi connectivity index (χ4v) is 1.35. The molecule has 0 radical (unpaired) electrons. The number of carbonyl (C=O) groups excluding carboxylic acids is 1. The lowest BCUT2D eigenvalue weighted by Crippen LogP contribution is -2.02. The lowest BCUT2D eigenvalue weighted by molar-refractivity contribution is 0.0600. The van der Waals surface area contributed by atoms with Crippen LogP contribution < -0.4 is 0 Å². The minimum absolute atomic E-state index is 0.156. The number of hydrogen-bond acceptors (Lipinski definition) is 4. The smallest absolute Gasteiger partial charge is 0.339 e. The topological polar surface area (TPSA) is 52.1 Å². The van der Waals surface area contributed by atoms with Crippen molar-refractivity contribution in [3.63, 3.8) is 0 Å². The lowest BCUT2D eigenvalue weighted by atomic mass is 10.2. The molecule has 0 N–H and O–H groups in total. The third kappa shape index (κ3) is 2.28. The van der Waals surface area contributed by atoms with Crippen LogP contribution in [-0.2, 0) is 4.74 Å². The van der Waals surface area contributed by atoms with E-state index in [1.807, 2.05) is 0 Å². The third-order valence-electron chi connectivity index (χ3n) is 2.19. The first-order valence-electron chi connectivity index (χ1n) is 4.87. The molecule has 0 aromatic carbocycles. The van der Waals surface area contributed by atoms with E-state index < -0.39 is 11.8 Å². The van der Waals surface area contributed by atoms with Gasteiger partial charge in [-0.25, -0.2) is 9.18 Å². The molecule has 4 nitrogen and oxygen atoms in total. The Morgan fingerprint density at radius 3 is 2.71 bits per heavy atom. The summed E-state index contributed by atoms with van der Waals surface area (Å²) in [6.07, 6.45) is 2.81. The summed E-state index contributed by atoms with van der Waals surface area (Å²) in [4.78, 5) is 19.0. The van der Waals surface area contributed by atoms with Crippen LogP contribution >= 0.6 is 0 Å². The van der Waals surface area contributed by atoms with Crippen molar-refractivity contribution in [1.82, 2.24) is 9.97 Å². The highest BCUT2D eigenvalue weighted by Crippen LogP contribution is 2.17. The van der Waals surface area contributed by atoms with Gasteiger partial charge in [-0.1, -0.05) is 0 Å². The van der Waals surface area contributed by atoms with Crippen molar-refractivity contribution >= 4 is 5.97 Å². The van der Waals surface area contributed by atoms with Gasteiger partial charge in [-0.2, -0.15) is 0 Å². The molecule has 0 fully saturated rings. The number of hydrogen-bond donors (Lipinski definition) is 0. The van der Waals surface area contributed by atoms with Crippen molar-refractivity contribution in [1.29, 1.82) is 0 Å². The number of halogens is 1. The molecule has 0 bridgehead atoms. The average Bonchev–Trinajstić information content (AvgIpc) is 2.39. The van der Waals surface area contributed by atoms with Crippen LogP contribution in [0.1, 0.15) is 10.4 Å². The van der Waals surface area contributed by atoms with Gasteiger partial charge in [0.1, 0.15) is 5.69 Å². The highest BCUT2D eigenvalue weighted by Gasteiger charge is 2.09. The summed E-state index contributed by atoms with van der Waals surface area (Å²) in [6, 6.07) is 5.85. The number of rotatable bonds is 2. The number of nitrogens with zero attached hydrogens (tertiary/aromatic N) is 2. The molecule has 0 atom stereocenters. The van der Waals surface area contributed by atoms with Crippen molar-refractivity contribution in [2.24, 2.45) is 0 Å². The van der Waals surface area contributed by atoms with Gasteiger partial charge in [0.15, 0.2) is 5.82 Å². The van der Waals surface area contributed by atoms with E-state index in [2.05, 4.69) is 14.7 Å². The van der Waals surface area contributed by atoms with E-state index >= 15 is 0 Å². The molecular weight excluding hydrogens is 223 g/mol. The lowest BCUT2D eigenvalue weighted by Gasteiger charge is -2.02. The minimum atomic E-state index is -0.481. The third-order valence-corrected chi connectivity index (χ3v) is 2.19. The highest BCUT2D eigenvalue weighted by molar-refractivity contribution is 5.89. The fourth-order valence-electron chi connectivity index (χ4n) is 1.35. The van der Waals surface area contributed by atoms with Gasteiger partial charge in [-0.3, -0.25) is 9.97 Å². The fraction of sp³-hybridized carbons (Fsp3) is 0.0833. The Kier molecular flexibility index (Phi) is 3.09. The molecule has 86 valence electrons. The molecule has 0 spiro atoms. The SMILES string of the molecule is COC(=O)c1ccc(-c2ncccc2F)nc1. The average molecular weight is 232 g/mol. The van der Waals surface area contributed by atoms with E-state index in [1.54, 1.807) is 0 Å². The van der Waals surface area contributed by atoms with Gasteiger partial charge in [0, 0.05) is 12.4 Å². The largest absolute Gasteiger partial charge is 0.465 e. The summed E-state index contributed by atoms with van der Waals surface area (Å²) in [5, 5.41) is 0. The van der Waals surface area contributed by atoms with Crippen molar-refractivity contribution in [2.45, 2.75) is 0 Å². The van der Waals surface area contributed by atoms with Crippen LogP contribution in [0, 0.1) is 5.82 Å². The van der Waals surface area contributed by atoms with E-state index in [4.69, 9.17) is 0 Å². The number of carbonyl (C=O) groups is 1. The predicted molar refractivity (Wildman–Crippen MR) is 58.8 cm³/mol. The molecule has 17 heavy (non-hydrogen) atoms. The number of esters is 1. The molecule has 0 saturated heterocycles. The molecule has 2 rings (SSSR count). The summed E-state index contributed by atoms with van der Waals surface area (Å²) in [5.74, 6) is -0.934. The zero-order valence-electron chi connectivity index (χ0n) is 9.05. The summed E-state index contributed by atoms with van der Waals surface area (Å²) in [6.45, 7) is 0. The minimum Gasteiger partial charge on any atom is -0.465 e. The second kappa shape index (κ2) is 4.69. The predicted octanol–water partition coefficient (Wildman–Crippen LogP) is 2.07. The molecule has 5 heteroatoms. The number of ether oxygens (including phenoxy) is 1. The molecule has 2 aromatic heterocycles. The van der Waals surface area contributed by atoms with Crippen LogP contribution in [0.15, 0.2) is 36.7 Å². The zero-order chi connectivity index (χ0) is 12.3. The first-order valence-corrected chi connectivity index (χ1v) is 4.87. The second-order valence-electron chi connectivity index (χ2n) is 3.26. The molecule has 0 saturated carbocycles. The van der Waals surface area contributed by atoms with Crippen LogP contribution in [0.3, 0.4) is 0 Å². The molecule has 0 amide bonds. The van der Waals surface area contributed by atoms with Crippen molar-refractivity contribution in [3.8, 4) is 11.4 Å². The molecule has 0 unspecified atom stereocenters. The van der Waals surface area contributed by atoms with Crippen LogP contribution in [-0.4, -0.2) is 23.0 Å². The summed E-state index contributed by atoms with van der Waals surface area (Å²) in [5.41, 5.74) is 0.840. The van der Waals surface area contributed by atoms with Gasteiger partial charge >= 0.3 is 5.97 Å². The summed E-state index contributed by atoms with van der Waals surface area (Å²) < 4.78 is 17.9. The van der Waals surface area contributed by atoms with Gasteiger partial charge in [0.2, 0.25) is 0 Å². The maximum absolute atomic E-state index is 13.4. The van der Waals surface area contributed by atoms with Crippen LogP contribution in [0.2, 0.25) is 0 Å². The monoisotopic (exact) mass is 232 g/mol. The Bertz CT molecular complexity index is 540. The van der Waals surface area contributed by atoms with E-state index in [1.165, 1.54) is 43.8 Å². The molecule has 0 aliphatic heterocycles. The van der Waals surface area contributed by atoms with Gasteiger partial charge in [-0.15, -0.1) is 0 Å². The highest BCUT2D eigenvalue weighted by atomic mass is 19.1. The molecule has 2 aromatic rings. The standard InChI is InChI=1S/C12H9FN2O2/c1-17-12(16)8-4-5-10(15-7-8)11-9(13)3-2-6-14-11/h2-7H,1H3. The number of aromatic nitrogens is 2. The van der Waals surface area contributed by atoms with E-state index in [0.717, 1.165) is 0 Å². The number of pyridine rings is 2. The molecule has 2 heterocycles. The van der Waals surface area contributed by atoms with Crippen molar-refractivity contribution in [2.75, 3.05) is 7.11 Å². The first kappa shape index (κ1) is 11.2.